The summed E-state index contributed by atoms with van der Waals surface area (Å²) in [6.07, 6.45) is 0.505. The number of imide groups is 1. The van der Waals surface area contributed by atoms with E-state index in [-0.39, 0.29) is 5.88 Å². The van der Waals surface area contributed by atoms with Gasteiger partial charge in [-0.2, -0.15) is 0 Å². The Morgan fingerprint density at radius 2 is 2.26 bits per heavy atom. The number of carbonyl (C=O) groups is 2. The number of thioether (sulfide) groups is 1. The van der Waals surface area contributed by atoms with Crippen molar-refractivity contribution in [2.45, 2.75) is 25.2 Å². The molecule has 0 saturated carbocycles. The van der Waals surface area contributed by atoms with Gasteiger partial charge in [0.1, 0.15) is 0 Å². The second kappa shape index (κ2) is 7.74. The molecule has 0 aromatic rings. The Labute approximate surface area is 148 Å². The van der Waals surface area contributed by atoms with Crippen LogP contribution in [-0.2, 0) is 4.79 Å². The molecule has 2 aliphatic heterocycles. The van der Waals surface area contributed by atoms with Crippen LogP contribution in [-0.4, -0.2) is 75.5 Å². The summed E-state index contributed by atoms with van der Waals surface area (Å²) in [4.78, 5) is 31.6. The number of carbonyl (C=O) groups excluding carboxylic acids is 2. The van der Waals surface area contributed by atoms with Crippen LogP contribution in [0.15, 0.2) is 16.1 Å². The van der Waals surface area contributed by atoms with E-state index in [0.29, 0.717) is 22.5 Å². The predicted octanol–water partition coefficient (Wildman–Crippen LogP) is 1.01. The molecular formula is C13H18Cl2N4O3S. The molecule has 2 aliphatic rings. The number of amides is 3. The smallest absolute Gasteiger partial charge is 0.325 e. The van der Waals surface area contributed by atoms with Gasteiger partial charge < -0.3 is 14.9 Å². The Bertz CT molecular complexity index is 553. The number of alkyl halides is 1. The minimum Gasteiger partial charge on any atom is -0.391 e. The van der Waals surface area contributed by atoms with Crippen molar-refractivity contribution in [3.05, 3.63) is 11.1 Å². The van der Waals surface area contributed by atoms with E-state index in [4.69, 9.17) is 23.2 Å². The fourth-order valence-electron chi connectivity index (χ4n) is 2.25. The van der Waals surface area contributed by atoms with Gasteiger partial charge in [0.25, 0.3) is 5.91 Å². The first-order chi connectivity index (χ1) is 10.8. The van der Waals surface area contributed by atoms with Crippen LogP contribution in [0.3, 0.4) is 0 Å². The molecule has 3 amide bonds. The first-order valence-corrected chi connectivity index (χ1v) is 8.86. The van der Waals surface area contributed by atoms with E-state index < -0.39 is 30.2 Å². The molecule has 3 atom stereocenters. The Balaban J connectivity index is 2.23. The maximum Gasteiger partial charge on any atom is 0.325 e. The highest BCUT2D eigenvalue weighted by Gasteiger charge is 2.48. The zero-order chi connectivity index (χ0) is 17.1. The second-order valence-corrected chi connectivity index (χ2v) is 7.13. The largest absolute Gasteiger partial charge is 0.391 e. The first kappa shape index (κ1) is 18.4. The van der Waals surface area contributed by atoms with Gasteiger partial charge in [-0.25, -0.2) is 9.79 Å². The maximum atomic E-state index is 12.2. The molecule has 128 valence electrons. The van der Waals surface area contributed by atoms with Crippen molar-refractivity contribution in [3.8, 4) is 0 Å². The molecule has 0 bridgehead atoms. The molecule has 0 aliphatic carbocycles. The third-order valence-electron chi connectivity index (χ3n) is 3.47. The van der Waals surface area contributed by atoms with Crippen molar-refractivity contribution in [2.75, 3.05) is 25.2 Å². The summed E-state index contributed by atoms with van der Waals surface area (Å²) in [6, 6.07) is -1.09. The van der Waals surface area contributed by atoms with E-state index in [9.17, 15) is 14.7 Å². The number of urea groups is 1. The van der Waals surface area contributed by atoms with Crippen LogP contribution in [0.25, 0.3) is 0 Å². The number of aliphatic imine (C=N–C) groups is 1. The lowest BCUT2D eigenvalue weighted by molar-refractivity contribution is -0.126. The van der Waals surface area contributed by atoms with Gasteiger partial charge in [0, 0.05) is 30.3 Å². The van der Waals surface area contributed by atoms with Crippen molar-refractivity contribution in [2.24, 2.45) is 4.99 Å². The predicted molar refractivity (Wildman–Crippen MR) is 91.8 cm³/mol. The lowest BCUT2D eigenvalue weighted by Gasteiger charge is -2.35. The van der Waals surface area contributed by atoms with E-state index >= 15 is 0 Å². The maximum absolute atomic E-state index is 12.2. The average Bonchev–Trinajstić information content (AvgIpc) is 2.87. The van der Waals surface area contributed by atoms with Crippen LogP contribution in [0, 0.1) is 0 Å². The number of rotatable bonds is 5. The molecule has 2 rings (SSSR count). The molecule has 1 saturated heterocycles. The Morgan fingerprint density at radius 1 is 1.57 bits per heavy atom. The molecular weight excluding hydrogens is 363 g/mol. The van der Waals surface area contributed by atoms with E-state index in [1.807, 2.05) is 0 Å². The summed E-state index contributed by atoms with van der Waals surface area (Å²) in [7, 11) is 1.59. The van der Waals surface area contributed by atoms with Crippen LogP contribution >= 0.6 is 35.0 Å². The Morgan fingerprint density at radius 3 is 2.87 bits per heavy atom. The zero-order valence-electron chi connectivity index (χ0n) is 12.7. The third kappa shape index (κ3) is 4.12. The van der Waals surface area contributed by atoms with Gasteiger partial charge in [-0.15, -0.1) is 11.6 Å². The van der Waals surface area contributed by atoms with Crippen molar-refractivity contribution >= 4 is 52.1 Å². The highest BCUT2D eigenvalue weighted by molar-refractivity contribution is 8.13. The van der Waals surface area contributed by atoms with Crippen molar-refractivity contribution in [1.82, 2.24) is 15.1 Å². The minimum absolute atomic E-state index is 0.118. The highest BCUT2D eigenvalue weighted by atomic mass is 35.5. The van der Waals surface area contributed by atoms with E-state index in [1.54, 1.807) is 24.9 Å². The number of allylic oxidation sites excluding steroid dienone is 1. The minimum atomic E-state index is -0.674. The standard InChI is InChI=1S/C13H18Cl2N4O3S/c1-7(15)3-4-19-9-10(18(2)12(22)17-11(9)21)16-13(19)23-6-8(20)5-14/h3,8-10,20H,4-6H2,1-2H3,(H,17,21,22)/b7-3+. The van der Waals surface area contributed by atoms with E-state index in [2.05, 4.69) is 10.3 Å². The number of aliphatic hydroxyl groups excluding tert-OH is 1. The SMILES string of the molecule is C/C(Cl)=C\CN1C(SCC(O)CCl)=NC2C1C(=O)NC(=O)N2C. The molecule has 3 unspecified atom stereocenters. The number of hydrogen-bond donors (Lipinski definition) is 2. The number of hydrogen-bond acceptors (Lipinski definition) is 6. The van der Waals surface area contributed by atoms with Crippen LogP contribution in [0.2, 0.25) is 0 Å². The van der Waals surface area contributed by atoms with Gasteiger partial charge in [0.05, 0.1) is 6.10 Å². The van der Waals surface area contributed by atoms with Crippen LogP contribution in [0.5, 0.6) is 0 Å². The number of aliphatic hydroxyl groups is 1. The lowest BCUT2D eigenvalue weighted by Crippen LogP contribution is -2.63. The van der Waals surface area contributed by atoms with Crippen molar-refractivity contribution in [1.29, 1.82) is 0 Å². The van der Waals surface area contributed by atoms with Gasteiger partial charge in [-0.1, -0.05) is 29.4 Å². The number of likely N-dealkylation sites (N-methyl/N-ethyl adjacent to an activating group) is 1. The normalized spacial score (nSPS) is 26.1. The lowest BCUT2D eigenvalue weighted by atomic mass is 10.1. The van der Waals surface area contributed by atoms with Crippen LogP contribution < -0.4 is 5.32 Å². The summed E-state index contributed by atoms with van der Waals surface area (Å²) in [6.45, 7) is 2.13. The molecule has 0 radical (unpaired) electrons. The van der Waals surface area contributed by atoms with Crippen LogP contribution in [0.4, 0.5) is 4.79 Å². The first-order valence-electron chi connectivity index (χ1n) is 6.96. The summed E-state index contributed by atoms with van der Waals surface area (Å²) in [5.41, 5.74) is 0. The van der Waals surface area contributed by atoms with Crippen molar-refractivity contribution < 1.29 is 14.7 Å². The van der Waals surface area contributed by atoms with Crippen molar-refractivity contribution in [3.63, 3.8) is 0 Å². The molecule has 7 nitrogen and oxygen atoms in total. The number of nitrogens with one attached hydrogen (secondary N) is 1. The summed E-state index contributed by atoms with van der Waals surface area (Å²) >= 11 is 12.8. The number of fused-ring (bicyclic) bond motifs is 1. The molecule has 23 heavy (non-hydrogen) atoms. The van der Waals surface area contributed by atoms with Gasteiger partial charge in [0.15, 0.2) is 17.4 Å². The van der Waals surface area contributed by atoms with Gasteiger partial charge in [0.2, 0.25) is 0 Å². The van der Waals surface area contributed by atoms with E-state index in [1.165, 1.54) is 16.7 Å². The molecule has 1 fully saturated rings. The second-order valence-electron chi connectivity index (χ2n) is 5.24. The summed E-state index contributed by atoms with van der Waals surface area (Å²) < 4.78 is 0. The third-order valence-corrected chi connectivity index (χ3v) is 5.13. The number of halogens is 2. The fourth-order valence-corrected chi connectivity index (χ4v) is 3.56. The molecule has 2 N–H and O–H groups in total. The quantitative estimate of drug-likeness (QED) is 0.695. The Hall–Kier alpha value is -0.960. The zero-order valence-corrected chi connectivity index (χ0v) is 15.0. The van der Waals surface area contributed by atoms with Gasteiger partial charge >= 0.3 is 6.03 Å². The molecule has 0 spiro atoms. The summed E-state index contributed by atoms with van der Waals surface area (Å²) in [5, 5.41) is 13.1. The number of nitrogens with zero attached hydrogens (tertiary/aromatic N) is 3. The van der Waals surface area contributed by atoms with E-state index in [0.717, 1.165) is 0 Å². The van der Waals surface area contributed by atoms with Gasteiger partial charge in [-0.05, 0) is 6.92 Å². The van der Waals surface area contributed by atoms with Crippen LogP contribution in [0.1, 0.15) is 6.92 Å². The molecule has 0 aromatic carbocycles. The molecule has 0 aromatic heterocycles. The topological polar surface area (TPSA) is 85.2 Å². The Kier molecular flexibility index (Phi) is 6.19. The van der Waals surface area contributed by atoms with Gasteiger partial charge in [-0.3, -0.25) is 10.1 Å². The monoisotopic (exact) mass is 380 g/mol. The molecule has 10 heteroatoms. The summed E-state index contributed by atoms with van der Waals surface area (Å²) in [5.74, 6) is 0.0735. The fraction of sp³-hybridized carbons (Fsp3) is 0.615. The highest BCUT2D eigenvalue weighted by Crippen LogP contribution is 2.28. The molecule has 2 heterocycles. The average molecular weight is 381 g/mol. The number of amidine groups is 1.